The van der Waals surface area contributed by atoms with Crippen molar-refractivity contribution in [1.82, 2.24) is 0 Å². The number of carboxylic acid groups (broad SMARTS) is 1. The molecule has 1 aromatic carbocycles. The van der Waals surface area contributed by atoms with Crippen molar-refractivity contribution in [2.24, 2.45) is 0 Å². The fourth-order valence-corrected chi connectivity index (χ4v) is 1.34. The average Bonchev–Trinajstić information content (AvgIpc) is 2.27. The Morgan fingerprint density at radius 1 is 1.31 bits per heavy atom. The summed E-state index contributed by atoms with van der Waals surface area (Å²) in [6.07, 6.45) is -1.38. The fourth-order valence-electron chi connectivity index (χ4n) is 1.34. The lowest BCUT2D eigenvalue weighted by Crippen LogP contribution is -2.05. The molecule has 0 saturated carbocycles. The minimum Gasteiger partial charge on any atom is -0.493 e. The zero-order valence-corrected chi connectivity index (χ0v) is 9.14. The van der Waals surface area contributed by atoms with E-state index in [4.69, 9.17) is 14.6 Å². The summed E-state index contributed by atoms with van der Waals surface area (Å²) in [5.74, 6) is -0.0551. The van der Waals surface area contributed by atoms with Gasteiger partial charge in [-0.2, -0.15) is 0 Å². The third-order valence-corrected chi connectivity index (χ3v) is 2.16. The van der Waals surface area contributed by atoms with Gasteiger partial charge in [0, 0.05) is 0 Å². The molecule has 0 spiro atoms. The molecule has 0 heterocycles. The van der Waals surface area contributed by atoms with E-state index in [1.807, 2.05) is 0 Å². The van der Waals surface area contributed by atoms with E-state index in [0.29, 0.717) is 17.1 Å². The highest BCUT2D eigenvalue weighted by Crippen LogP contribution is 2.30. The monoisotopic (exact) mass is 226 g/mol. The summed E-state index contributed by atoms with van der Waals surface area (Å²) in [7, 11) is 2.98. The summed E-state index contributed by atoms with van der Waals surface area (Å²) >= 11 is 0. The molecule has 0 aliphatic heterocycles. The van der Waals surface area contributed by atoms with E-state index in [1.54, 1.807) is 18.2 Å². The van der Waals surface area contributed by atoms with Crippen LogP contribution in [0, 0.1) is 0 Å². The van der Waals surface area contributed by atoms with Crippen LogP contribution in [-0.2, 0) is 4.79 Å². The summed E-state index contributed by atoms with van der Waals surface area (Å²) < 4.78 is 10.1. The molecule has 5 nitrogen and oxygen atoms in total. The number of aliphatic hydroxyl groups is 1. The van der Waals surface area contributed by atoms with Gasteiger partial charge >= 0.3 is 5.97 Å². The van der Waals surface area contributed by atoms with E-state index in [1.165, 1.54) is 14.2 Å². The maximum atomic E-state index is 10.4. The molecule has 88 valence electrons. The molecule has 1 rings (SSSR count). The Labute approximate surface area is 93.2 Å². The molecule has 2 N–H and O–H groups in total. The Balaban J connectivity index is 2.93. The number of aliphatic hydroxyl groups excluding tert-OH is 1. The minimum absolute atomic E-state index is 0.338. The fraction of sp³-hybridized carbons (Fsp3) is 0.364. The number of hydrogen-bond donors (Lipinski definition) is 2. The molecule has 0 unspecified atom stereocenters. The van der Waals surface area contributed by atoms with Crippen molar-refractivity contribution >= 4 is 5.97 Å². The van der Waals surface area contributed by atoms with Gasteiger partial charge in [-0.1, -0.05) is 6.07 Å². The first-order chi connectivity index (χ1) is 7.58. The van der Waals surface area contributed by atoms with Crippen LogP contribution in [0.25, 0.3) is 0 Å². The zero-order chi connectivity index (χ0) is 12.1. The molecule has 0 saturated heterocycles. The van der Waals surface area contributed by atoms with Crippen LogP contribution in [0.2, 0.25) is 0 Å². The molecule has 0 bridgehead atoms. The lowest BCUT2D eigenvalue weighted by molar-refractivity contribution is -0.139. The van der Waals surface area contributed by atoms with Gasteiger partial charge in [0.25, 0.3) is 0 Å². The molecule has 0 fully saturated rings. The van der Waals surface area contributed by atoms with E-state index >= 15 is 0 Å². The summed E-state index contributed by atoms with van der Waals surface area (Å²) in [5, 5.41) is 18.2. The second-order valence-corrected chi connectivity index (χ2v) is 3.23. The number of rotatable bonds is 5. The van der Waals surface area contributed by atoms with Crippen LogP contribution in [-0.4, -0.2) is 30.4 Å². The summed E-state index contributed by atoms with van der Waals surface area (Å²) in [4.78, 5) is 10.4. The molecule has 1 atom stereocenters. The largest absolute Gasteiger partial charge is 0.493 e. The second kappa shape index (κ2) is 5.37. The van der Waals surface area contributed by atoms with E-state index in [-0.39, 0.29) is 6.42 Å². The SMILES string of the molecule is COc1ccc([C@H](O)CC(=O)O)cc1OC. The molecule has 0 aliphatic rings. The van der Waals surface area contributed by atoms with Crippen LogP contribution in [0.5, 0.6) is 11.5 Å². The molecular formula is C11H14O5. The molecule has 0 aliphatic carbocycles. The van der Waals surface area contributed by atoms with Crippen LogP contribution in [0.3, 0.4) is 0 Å². The van der Waals surface area contributed by atoms with Crippen LogP contribution in [0.1, 0.15) is 18.1 Å². The van der Waals surface area contributed by atoms with Gasteiger partial charge in [0.05, 0.1) is 26.7 Å². The van der Waals surface area contributed by atoms with Crippen LogP contribution in [0.4, 0.5) is 0 Å². The predicted octanol–water partition coefficient (Wildman–Crippen LogP) is 1.21. The van der Waals surface area contributed by atoms with Crippen LogP contribution in [0.15, 0.2) is 18.2 Å². The lowest BCUT2D eigenvalue weighted by atomic mass is 10.1. The van der Waals surface area contributed by atoms with Gasteiger partial charge in [0.15, 0.2) is 11.5 Å². The van der Waals surface area contributed by atoms with E-state index in [0.717, 1.165) is 0 Å². The number of methoxy groups -OCH3 is 2. The number of aliphatic carboxylic acids is 1. The highest BCUT2D eigenvalue weighted by atomic mass is 16.5. The molecule has 0 amide bonds. The van der Waals surface area contributed by atoms with E-state index in [9.17, 15) is 9.90 Å². The number of ether oxygens (including phenoxy) is 2. The third-order valence-electron chi connectivity index (χ3n) is 2.16. The molecule has 1 aromatic rings. The van der Waals surface area contributed by atoms with Gasteiger partial charge in [-0.25, -0.2) is 0 Å². The van der Waals surface area contributed by atoms with Crippen molar-refractivity contribution < 1.29 is 24.5 Å². The quantitative estimate of drug-likeness (QED) is 0.789. The molecule has 0 radical (unpaired) electrons. The second-order valence-electron chi connectivity index (χ2n) is 3.23. The van der Waals surface area contributed by atoms with Gasteiger partial charge < -0.3 is 19.7 Å². The van der Waals surface area contributed by atoms with Gasteiger partial charge in [0.2, 0.25) is 0 Å². The normalized spacial score (nSPS) is 11.9. The standard InChI is InChI=1S/C11H14O5/c1-15-9-4-3-7(5-10(9)16-2)8(12)6-11(13)14/h3-5,8,12H,6H2,1-2H3,(H,13,14)/t8-/m1/s1. The Hall–Kier alpha value is -1.75. The molecular weight excluding hydrogens is 212 g/mol. The molecule has 0 aromatic heterocycles. The Kier molecular flexibility index (Phi) is 4.13. The number of benzene rings is 1. The van der Waals surface area contributed by atoms with Gasteiger partial charge in [-0.3, -0.25) is 4.79 Å². The smallest absolute Gasteiger partial charge is 0.306 e. The van der Waals surface area contributed by atoms with Gasteiger partial charge in [-0.05, 0) is 17.7 Å². The highest BCUT2D eigenvalue weighted by molar-refractivity contribution is 5.67. The Morgan fingerprint density at radius 2 is 1.94 bits per heavy atom. The first-order valence-corrected chi connectivity index (χ1v) is 4.70. The van der Waals surface area contributed by atoms with Crippen molar-refractivity contribution in [2.45, 2.75) is 12.5 Å². The van der Waals surface area contributed by atoms with Crippen LogP contribution >= 0.6 is 0 Å². The number of hydrogen-bond acceptors (Lipinski definition) is 4. The predicted molar refractivity (Wildman–Crippen MR) is 56.8 cm³/mol. The first-order valence-electron chi connectivity index (χ1n) is 4.70. The van der Waals surface area contributed by atoms with E-state index in [2.05, 4.69) is 0 Å². The van der Waals surface area contributed by atoms with E-state index < -0.39 is 12.1 Å². The maximum Gasteiger partial charge on any atom is 0.306 e. The lowest BCUT2D eigenvalue weighted by Gasteiger charge is -2.12. The van der Waals surface area contributed by atoms with Crippen molar-refractivity contribution in [3.8, 4) is 11.5 Å². The van der Waals surface area contributed by atoms with Crippen molar-refractivity contribution in [2.75, 3.05) is 14.2 Å². The van der Waals surface area contributed by atoms with Gasteiger partial charge in [-0.15, -0.1) is 0 Å². The minimum atomic E-state index is -1.05. The molecule has 16 heavy (non-hydrogen) atoms. The topological polar surface area (TPSA) is 76.0 Å². The van der Waals surface area contributed by atoms with Crippen molar-refractivity contribution in [3.63, 3.8) is 0 Å². The number of carboxylic acids is 1. The summed E-state index contributed by atoms with van der Waals surface area (Å²) in [6.45, 7) is 0. The maximum absolute atomic E-state index is 10.4. The summed E-state index contributed by atoms with van der Waals surface area (Å²) in [6, 6.07) is 4.79. The average molecular weight is 226 g/mol. The third kappa shape index (κ3) is 2.87. The first kappa shape index (κ1) is 12.3. The molecule has 5 heteroatoms. The van der Waals surface area contributed by atoms with Crippen molar-refractivity contribution in [1.29, 1.82) is 0 Å². The van der Waals surface area contributed by atoms with Crippen LogP contribution < -0.4 is 9.47 Å². The Bertz CT molecular complexity index is 375. The zero-order valence-electron chi connectivity index (χ0n) is 9.14. The number of carbonyl (C=O) groups is 1. The van der Waals surface area contributed by atoms with Gasteiger partial charge in [0.1, 0.15) is 0 Å². The Morgan fingerprint density at radius 3 is 2.44 bits per heavy atom. The highest BCUT2D eigenvalue weighted by Gasteiger charge is 2.14. The van der Waals surface area contributed by atoms with Crippen molar-refractivity contribution in [3.05, 3.63) is 23.8 Å². The summed E-state index contributed by atoms with van der Waals surface area (Å²) in [5.41, 5.74) is 0.486.